The lowest BCUT2D eigenvalue weighted by Gasteiger charge is -2.35. The minimum atomic E-state index is -0.642. The number of hydrogen-bond donors (Lipinski definition) is 1. The lowest BCUT2D eigenvalue weighted by molar-refractivity contribution is -0.384. The molecule has 2 aromatic heterocycles. The lowest BCUT2D eigenvalue weighted by Crippen LogP contribution is -2.41. The third-order valence-electron chi connectivity index (χ3n) is 7.89. The third kappa shape index (κ3) is 5.45. The molecular formula is C29H33N7O7. The molecule has 43 heavy (non-hydrogen) atoms. The fraction of sp³-hybridized carbons (Fsp3) is 0.448. The molecule has 14 nitrogen and oxygen atoms in total. The zero-order chi connectivity index (χ0) is 30.1. The predicted octanol–water partition coefficient (Wildman–Crippen LogP) is 3.02. The van der Waals surface area contributed by atoms with E-state index in [4.69, 9.17) is 24.2 Å². The van der Waals surface area contributed by atoms with Crippen molar-refractivity contribution < 1.29 is 19.1 Å². The van der Waals surface area contributed by atoms with Crippen LogP contribution in [0.15, 0.2) is 39.9 Å². The molecule has 0 atom stereocenters. The van der Waals surface area contributed by atoms with Crippen molar-refractivity contribution in [2.75, 3.05) is 62.4 Å². The summed E-state index contributed by atoms with van der Waals surface area (Å²) in [6.07, 6.45) is 1.18. The van der Waals surface area contributed by atoms with Crippen LogP contribution in [0.2, 0.25) is 0 Å². The number of nitrogens with zero attached hydrogens (tertiary/aromatic N) is 6. The average Bonchev–Trinajstić information content (AvgIpc) is 3.02. The van der Waals surface area contributed by atoms with Crippen LogP contribution in [0.1, 0.15) is 32.7 Å². The topological polar surface area (TPSA) is 158 Å². The normalized spacial score (nSPS) is 16.1. The molecule has 4 heterocycles. The van der Waals surface area contributed by atoms with E-state index >= 15 is 0 Å². The van der Waals surface area contributed by atoms with Crippen molar-refractivity contribution in [3.63, 3.8) is 0 Å². The van der Waals surface area contributed by atoms with Crippen molar-refractivity contribution in [2.45, 2.75) is 32.7 Å². The number of nitro groups is 1. The number of morpholine rings is 1. The van der Waals surface area contributed by atoms with Gasteiger partial charge in [0, 0.05) is 55.8 Å². The summed E-state index contributed by atoms with van der Waals surface area (Å²) < 4.78 is 18.9. The van der Waals surface area contributed by atoms with Crippen LogP contribution in [-0.2, 0) is 4.74 Å². The molecule has 2 aliphatic heterocycles. The van der Waals surface area contributed by atoms with Crippen molar-refractivity contribution in [3.05, 3.63) is 61.3 Å². The van der Waals surface area contributed by atoms with Gasteiger partial charge in [0.1, 0.15) is 5.82 Å². The van der Waals surface area contributed by atoms with Crippen molar-refractivity contribution in [1.82, 2.24) is 19.5 Å². The Morgan fingerprint density at radius 2 is 1.65 bits per heavy atom. The molecule has 0 aliphatic carbocycles. The lowest BCUT2D eigenvalue weighted by atomic mass is 10.0. The minimum absolute atomic E-state index is 0.113. The van der Waals surface area contributed by atoms with E-state index in [1.807, 2.05) is 26.0 Å². The molecule has 2 saturated heterocycles. The first-order valence-corrected chi connectivity index (χ1v) is 14.5. The van der Waals surface area contributed by atoms with E-state index in [2.05, 4.69) is 14.8 Å². The maximum absolute atomic E-state index is 13.0. The highest BCUT2D eigenvalue weighted by Gasteiger charge is 2.28. The van der Waals surface area contributed by atoms with Gasteiger partial charge < -0.3 is 24.0 Å². The third-order valence-corrected chi connectivity index (χ3v) is 7.89. The molecule has 4 aromatic rings. The standard InChI is InChI=1S/C29H33N7O7/c1-3-42-24-16-20-22(17-25(24)43-4-2)30-28(34-11-13-41-14-12-34)31-26(20)33-9-7-18(8-10-33)35-23-6-5-19(36(39)40)15-21(23)27(37)32-29(35)38/h5-6,15-18H,3-4,7-14H2,1-2H3,(H,32,37,38). The van der Waals surface area contributed by atoms with Gasteiger partial charge in [0.15, 0.2) is 11.5 Å². The Labute approximate surface area is 246 Å². The second-order valence-corrected chi connectivity index (χ2v) is 10.4. The molecule has 0 radical (unpaired) electrons. The summed E-state index contributed by atoms with van der Waals surface area (Å²) in [4.78, 5) is 52.8. The number of rotatable bonds is 8. The van der Waals surface area contributed by atoms with Crippen molar-refractivity contribution >= 4 is 39.3 Å². The molecule has 1 N–H and O–H groups in total. The van der Waals surface area contributed by atoms with Crippen LogP contribution in [0.3, 0.4) is 0 Å². The van der Waals surface area contributed by atoms with E-state index in [9.17, 15) is 19.7 Å². The first kappa shape index (κ1) is 28.4. The van der Waals surface area contributed by atoms with Crippen LogP contribution in [0.5, 0.6) is 11.5 Å². The zero-order valence-corrected chi connectivity index (χ0v) is 24.1. The quantitative estimate of drug-likeness (QED) is 0.237. The largest absolute Gasteiger partial charge is 0.490 e. The number of aromatic nitrogens is 4. The van der Waals surface area contributed by atoms with Crippen LogP contribution in [0, 0.1) is 10.1 Å². The minimum Gasteiger partial charge on any atom is -0.490 e. The highest BCUT2D eigenvalue weighted by Crippen LogP contribution is 2.38. The number of fused-ring (bicyclic) bond motifs is 2. The van der Waals surface area contributed by atoms with Gasteiger partial charge in [-0.05, 0) is 38.8 Å². The van der Waals surface area contributed by atoms with E-state index in [0.717, 1.165) is 16.7 Å². The van der Waals surface area contributed by atoms with Crippen LogP contribution in [0.25, 0.3) is 21.8 Å². The molecule has 0 spiro atoms. The van der Waals surface area contributed by atoms with E-state index in [1.165, 1.54) is 18.2 Å². The number of nitro benzene ring substituents is 1. The smallest absolute Gasteiger partial charge is 0.329 e. The second kappa shape index (κ2) is 11.9. The summed E-state index contributed by atoms with van der Waals surface area (Å²) in [5, 5.41) is 12.2. The molecule has 0 unspecified atom stereocenters. The highest BCUT2D eigenvalue weighted by atomic mass is 16.6. The number of aromatic amines is 1. The van der Waals surface area contributed by atoms with Gasteiger partial charge in [-0.25, -0.2) is 9.78 Å². The molecule has 0 bridgehead atoms. The van der Waals surface area contributed by atoms with Crippen LogP contribution in [0.4, 0.5) is 17.5 Å². The molecule has 2 aliphatic rings. The van der Waals surface area contributed by atoms with E-state index in [0.29, 0.717) is 88.4 Å². The molecule has 2 aromatic carbocycles. The van der Waals surface area contributed by atoms with E-state index in [1.54, 1.807) is 4.57 Å². The van der Waals surface area contributed by atoms with Gasteiger partial charge in [-0.1, -0.05) is 0 Å². The molecule has 6 rings (SSSR count). The van der Waals surface area contributed by atoms with Gasteiger partial charge >= 0.3 is 5.69 Å². The fourth-order valence-electron chi connectivity index (χ4n) is 5.85. The number of piperidine rings is 1. The van der Waals surface area contributed by atoms with Gasteiger partial charge in [0.25, 0.3) is 11.2 Å². The number of anilines is 2. The van der Waals surface area contributed by atoms with E-state index in [-0.39, 0.29) is 17.1 Å². The van der Waals surface area contributed by atoms with Gasteiger partial charge in [-0.15, -0.1) is 0 Å². The number of nitrogens with one attached hydrogen (secondary N) is 1. The zero-order valence-electron chi connectivity index (χ0n) is 24.1. The monoisotopic (exact) mass is 591 g/mol. The average molecular weight is 592 g/mol. The van der Waals surface area contributed by atoms with Crippen molar-refractivity contribution in [2.24, 2.45) is 0 Å². The maximum Gasteiger partial charge on any atom is 0.329 e. The van der Waals surface area contributed by atoms with Crippen LogP contribution < -0.4 is 30.5 Å². The summed E-state index contributed by atoms with van der Waals surface area (Å²) in [5.41, 5.74) is -0.257. The van der Waals surface area contributed by atoms with Crippen molar-refractivity contribution in [1.29, 1.82) is 0 Å². The molecule has 2 fully saturated rings. The summed E-state index contributed by atoms with van der Waals surface area (Å²) in [5.74, 6) is 2.63. The molecule has 226 valence electrons. The Hall–Kier alpha value is -4.72. The number of non-ortho nitro benzene ring substituents is 1. The maximum atomic E-state index is 13.0. The Morgan fingerprint density at radius 1 is 0.953 bits per heavy atom. The van der Waals surface area contributed by atoms with Crippen LogP contribution in [-0.4, -0.2) is 77.0 Å². The van der Waals surface area contributed by atoms with Gasteiger partial charge in [-0.2, -0.15) is 4.98 Å². The summed E-state index contributed by atoms with van der Waals surface area (Å²) in [6.45, 7) is 8.53. The highest BCUT2D eigenvalue weighted by molar-refractivity contribution is 5.93. The number of ether oxygens (including phenoxy) is 3. The summed E-state index contributed by atoms with van der Waals surface area (Å²) >= 11 is 0. The SMILES string of the molecule is CCOc1cc2nc(N3CCOCC3)nc(N3CCC(n4c(=O)[nH]c(=O)c5cc([N+](=O)[O-])ccc54)CC3)c2cc1OCC. The van der Waals surface area contributed by atoms with Gasteiger partial charge in [0.2, 0.25) is 5.95 Å². The first-order chi connectivity index (χ1) is 20.9. The Balaban J connectivity index is 1.37. The Kier molecular flexibility index (Phi) is 7.84. The number of H-pyrrole nitrogens is 1. The molecular weight excluding hydrogens is 558 g/mol. The van der Waals surface area contributed by atoms with Crippen LogP contribution >= 0.6 is 0 Å². The summed E-state index contributed by atoms with van der Waals surface area (Å²) in [7, 11) is 0. The fourth-order valence-corrected chi connectivity index (χ4v) is 5.85. The van der Waals surface area contributed by atoms with E-state index < -0.39 is 16.2 Å². The number of hydrogen-bond acceptors (Lipinski definition) is 11. The van der Waals surface area contributed by atoms with Crippen molar-refractivity contribution in [3.8, 4) is 11.5 Å². The molecule has 0 saturated carbocycles. The second-order valence-electron chi connectivity index (χ2n) is 10.4. The molecule has 0 amide bonds. The predicted molar refractivity (Wildman–Crippen MR) is 161 cm³/mol. The van der Waals surface area contributed by atoms with Gasteiger partial charge in [0.05, 0.1) is 47.8 Å². The Bertz CT molecular complexity index is 1790. The molecule has 14 heteroatoms. The summed E-state index contributed by atoms with van der Waals surface area (Å²) in [6, 6.07) is 7.62. The number of benzene rings is 2. The van der Waals surface area contributed by atoms with Gasteiger partial charge in [-0.3, -0.25) is 24.5 Å². The Morgan fingerprint density at radius 3 is 2.33 bits per heavy atom. The first-order valence-electron chi connectivity index (χ1n) is 14.5.